The van der Waals surface area contributed by atoms with Gasteiger partial charge in [-0.3, -0.25) is 9.69 Å². The molecular formula is C12H17N5OS. The maximum absolute atomic E-state index is 11.9. The largest absolute Gasteiger partial charge is 0.392 e. The molecule has 0 saturated carbocycles. The minimum atomic E-state index is -0.0947. The quantitative estimate of drug-likeness (QED) is 0.752. The molecule has 0 atom stereocenters. The molecule has 0 bridgehead atoms. The lowest BCUT2D eigenvalue weighted by Gasteiger charge is -2.31. The molecule has 0 aliphatic carbocycles. The van der Waals surface area contributed by atoms with Crippen molar-refractivity contribution in [2.75, 3.05) is 19.6 Å². The first kappa shape index (κ1) is 13.8. The van der Waals surface area contributed by atoms with Gasteiger partial charge in [0.15, 0.2) is 0 Å². The van der Waals surface area contributed by atoms with E-state index in [2.05, 4.69) is 20.4 Å². The summed E-state index contributed by atoms with van der Waals surface area (Å²) in [6.07, 6.45) is 4.80. The van der Waals surface area contributed by atoms with E-state index in [0.29, 0.717) is 17.1 Å². The third-order valence-corrected chi connectivity index (χ3v) is 3.28. The van der Waals surface area contributed by atoms with Gasteiger partial charge in [0.25, 0.3) is 5.91 Å². The molecule has 3 N–H and O–H groups in total. The van der Waals surface area contributed by atoms with Gasteiger partial charge in [-0.1, -0.05) is 12.2 Å². The summed E-state index contributed by atoms with van der Waals surface area (Å²) in [7, 11) is 0. The molecule has 7 heteroatoms. The molecule has 1 aromatic rings. The van der Waals surface area contributed by atoms with Crippen LogP contribution >= 0.6 is 12.2 Å². The van der Waals surface area contributed by atoms with Crippen molar-refractivity contribution in [1.82, 2.24) is 20.4 Å². The van der Waals surface area contributed by atoms with E-state index in [1.807, 2.05) is 0 Å². The summed E-state index contributed by atoms with van der Waals surface area (Å²) >= 11 is 4.89. The Morgan fingerprint density at radius 1 is 1.47 bits per heavy atom. The van der Waals surface area contributed by atoms with Crippen LogP contribution in [-0.4, -0.2) is 51.7 Å². The third kappa shape index (κ3) is 4.22. The highest BCUT2D eigenvalue weighted by Gasteiger charge is 2.21. The minimum absolute atomic E-state index is 0.0947. The van der Waals surface area contributed by atoms with Gasteiger partial charge in [0.05, 0.1) is 22.9 Å². The Hall–Kier alpha value is -1.60. The number of nitrogens with one attached hydrogen (secondary N) is 1. The molecule has 102 valence electrons. The van der Waals surface area contributed by atoms with E-state index in [9.17, 15) is 4.79 Å². The average Bonchev–Trinajstić information content (AvgIpc) is 2.41. The number of piperidine rings is 1. The summed E-state index contributed by atoms with van der Waals surface area (Å²) in [6, 6.07) is 1.85. The number of aromatic nitrogens is 2. The number of hydrogen-bond donors (Lipinski definition) is 2. The van der Waals surface area contributed by atoms with Crippen molar-refractivity contribution < 1.29 is 4.79 Å². The zero-order chi connectivity index (χ0) is 13.7. The number of carbonyl (C=O) groups excluding carboxylic acids is 1. The Morgan fingerprint density at radius 3 is 2.79 bits per heavy atom. The van der Waals surface area contributed by atoms with Crippen LogP contribution in [0.3, 0.4) is 0 Å². The van der Waals surface area contributed by atoms with Crippen LogP contribution in [0.15, 0.2) is 18.5 Å². The van der Waals surface area contributed by atoms with E-state index >= 15 is 0 Å². The first-order chi connectivity index (χ1) is 9.15. The zero-order valence-electron chi connectivity index (χ0n) is 10.6. The molecule has 6 nitrogen and oxygen atoms in total. The number of carbonyl (C=O) groups is 1. The highest BCUT2D eigenvalue weighted by Crippen LogP contribution is 2.10. The first-order valence-corrected chi connectivity index (χ1v) is 6.64. The Kier molecular flexibility index (Phi) is 4.75. The third-order valence-electron chi connectivity index (χ3n) is 3.15. The SMILES string of the molecule is NC(=S)CN1CCC(NC(=O)c2ccnnc2)CC1. The minimum Gasteiger partial charge on any atom is -0.392 e. The summed E-state index contributed by atoms with van der Waals surface area (Å²) in [5.74, 6) is -0.0947. The molecule has 1 fully saturated rings. The van der Waals surface area contributed by atoms with Crippen LogP contribution < -0.4 is 11.1 Å². The summed E-state index contributed by atoms with van der Waals surface area (Å²) in [5.41, 5.74) is 6.06. The standard InChI is InChI=1S/C12H17N5OS/c13-11(19)8-17-5-2-10(3-6-17)16-12(18)9-1-4-14-15-7-9/h1,4,7,10H,2-3,5-6,8H2,(H2,13,19)(H,16,18). The maximum atomic E-state index is 11.9. The second-order valence-electron chi connectivity index (χ2n) is 4.62. The van der Waals surface area contributed by atoms with Gasteiger partial charge in [0.2, 0.25) is 0 Å². The molecular weight excluding hydrogens is 262 g/mol. The van der Waals surface area contributed by atoms with Crippen molar-refractivity contribution >= 4 is 23.1 Å². The maximum Gasteiger partial charge on any atom is 0.253 e. The topological polar surface area (TPSA) is 84.1 Å². The van der Waals surface area contributed by atoms with E-state index in [-0.39, 0.29) is 11.9 Å². The lowest BCUT2D eigenvalue weighted by atomic mass is 10.0. The number of thiocarbonyl (C=S) groups is 1. The molecule has 1 amide bonds. The average molecular weight is 279 g/mol. The van der Waals surface area contributed by atoms with Crippen LogP contribution in [0.25, 0.3) is 0 Å². The number of hydrogen-bond acceptors (Lipinski definition) is 5. The number of likely N-dealkylation sites (tertiary alicyclic amines) is 1. The number of rotatable bonds is 4. The molecule has 0 unspecified atom stereocenters. The fraction of sp³-hybridized carbons (Fsp3) is 0.500. The molecule has 0 radical (unpaired) electrons. The van der Waals surface area contributed by atoms with Crippen molar-refractivity contribution in [3.63, 3.8) is 0 Å². The number of amides is 1. The predicted molar refractivity (Wildman–Crippen MR) is 75.7 cm³/mol. The number of nitrogens with zero attached hydrogens (tertiary/aromatic N) is 3. The predicted octanol–water partition coefficient (Wildman–Crippen LogP) is -0.0431. The Labute approximate surface area is 117 Å². The monoisotopic (exact) mass is 279 g/mol. The Balaban J connectivity index is 1.80. The summed E-state index contributed by atoms with van der Waals surface area (Å²) in [6.45, 7) is 2.46. The lowest BCUT2D eigenvalue weighted by Crippen LogP contribution is -2.46. The van der Waals surface area contributed by atoms with Crippen LogP contribution in [-0.2, 0) is 0 Å². The smallest absolute Gasteiger partial charge is 0.253 e. The van der Waals surface area contributed by atoms with E-state index in [1.54, 1.807) is 6.07 Å². The fourth-order valence-corrected chi connectivity index (χ4v) is 2.33. The lowest BCUT2D eigenvalue weighted by molar-refractivity contribution is 0.0914. The van der Waals surface area contributed by atoms with Crippen LogP contribution in [0.4, 0.5) is 0 Å². The van der Waals surface area contributed by atoms with Crippen LogP contribution in [0.1, 0.15) is 23.2 Å². The van der Waals surface area contributed by atoms with Gasteiger partial charge in [-0.15, -0.1) is 0 Å². The molecule has 1 saturated heterocycles. The van der Waals surface area contributed by atoms with Crippen LogP contribution in [0.2, 0.25) is 0 Å². The molecule has 19 heavy (non-hydrogen) atoms. The molecule has 1 aliphatic heterocycles. The second kappa shape index (κ2) is 6.53. The highest BCUT2D eigenvalue weighted by atomic mass is 32.1. The van der Waals surface area contributed by atoms with Gasteiger partial charge < -0.3 is 11.1 Å². The van der Waals surface area contributed by atoms with Crippen LogP contribution in [0.5, 0.6) is 0 Å². The summed E-state index contributed by atoms with van der Waals surface area (Å²) < 4.78 is 0. The van der Waals surface area contributed by atoms with E-state index in [4.69, 9.17) is 18.0 Å². The molecule has 1 aromatic heterocycles. The molecule has 2 heterocycles. The molecule has 2 rings (SSSR count). The van der Waals surface area contributed by atoms with Gasteiger partial charge in [-0.05, 0) is 18.9 Å². The van der Waals surface area contributed by atoms with Gasteiger partial charge in [-0.25, -0.2) is 0 Å². The molecule has 0 aromatic carbocycles. The van der Waals surface area contributed by atoms with E-state index in [1.165, 1.54) is 12.4 Å². The van der Waals surface area contributed by atoms with Crippen molar-refractivity contribution in [3.05, 3.63) is 24.0 Å². The Morgan fingerprint density at radius 2 is 2.21 bits per heavy atom. The normalized spacial score (nSPS) is 17.1. The van der Waals surface area contributed by atoms with Crippen molar-refractivity contribution in [1.29, 1.82) is 0 Å². The van der Waals surface area contributed by atoms with Gasteiger partial charge in [-0.2, -0.15) is 10.2 Å². The van der Waals surface area contributed by atoms with Crippen molar-refractivity contribution in [2.24, 2.45) is 5.73 Å². The van der Waals surface area contributed by atoms with Crippen molar-refractivity contribution in [2.45, 2.75) is 18.9 Å². The first-order valence-electron chi connectivity index (χ1n) is 6.23. The van der Waals surface area contributed by atoms with E-state index in [0.717, 1.165) is 25.9 Å². The molecule has 0 spiro atoms. The summed E-state index contributed by atoms with van der Waals surface area (Å²) in [4.78, 5) is 14.7. The second-order valence-corrected chi connectivity index (χ2v) is 5.15. The highest BCUT2D eigenvalue weighted by molar-refractivity contribution is 7.80. The van der Waals surface area contributed by atoms with E-state index < -0.39 is 0 Å². The zero-order valence-corrected chi connectivity index (χ0v) is 11.4. The number of nitrogens with two attached hydrogens (primary N) is 1. The van der Waals surface area contributed by atoms with Gasteiger partial charge in [0, 0.05) is 25.7 Å². The van der Waals surface area contributed by atoms with Gasteiger partial charge >= 0.3 is 0 Å². The molecule has 1 aliphatic rings. The Bertz CT molecular complexity index is 445. The summed E-state index contributed by atoms with van der Waals surface area (Å²) in [5, 5.41) is 10.4. The van der Waals surface area contributed by atoms with Crippen LogP contribution in [0, 0.1) is 0 Å². The van der Waals surface area contributed by atoms with Gasteiger partial charge in [0.1, 0.15) is 0 Å². The fourth-order valence-electron chi connectivity index (χ4n) is 2.15. The van der Waals surface area contributed by atoms with Crippen molar-refractivity contribution in [3.8, 4) is 0 Å².